The highest BCUT2D eigenvalue weighted by Gasteiger charge is 2.04. The number of carbonyl (C=O) groups is 1. The van der Waals surface area contributed by atoms with Crippen molar-refractivity contribution in [1.29, 1.82) is 0 Å². The quantitative estimate of drug-likeness (QED) is 0.826. The summed E-state index contributed by atoms with van der Waals surface area (Å²) in [5.41, 5.74) is 1.92. The second-order valence-corrected chi connectivity index (χ2v) is 4.34. The Morgan fingerprint density at radius 3 is 2.47 bits per heavy atom. The van der Waals surface area contributed by atoms with Gasteiger partial charge in [-0.1, -0.05) is 26.0 Å². The van der Waals surface area contributed by atoms with Crippen molar-refractivity contribution in [2.24, 2.45) is 5.92 Å². The SMILES string of the molecule is CNCc1ccc(NC(=O)OCC(C)C)cc1. The van der Waals surface area contributed by atoms with Crippen molar-refractivity contribution in [3.8, 4) is 0 Å². The van der Waals surface area contributed by atoms with E-state index in [1.165, 1.54) is 5.56 Å². The maximum Gasteiger partial charge on any atom is 0.411 e. The van der Waals surface area contributed by atoms with Crippen LogP contribution in [-0.4, -0.2) is 19.7 Å². The summed E-state index contributed by atoms with van der Waals surface area (Å²) in [6, 6.07) is 7.66. The third-order valence-electron chi connectivity index (χ3n) is 2.13. The van der Waals surface area contributed by atoms with Gasteiger partial charge in [0.1, 0.15) is 0 Å². The molecule has 0 unspecified atom stereocenters. The van der Waals surface area contributed by atoms with Gasteiger partial charge >= 0.3 is 6.09 Å². The molecule has 0 saturated carbocycles. The monoisotopic (exact) mass is 236 g/mol. The summed E-state index contributed by atoms with van der Waals surface area (Å²) in [5.74, 6) is 0.346. The highest BCUT2D eigenvalue weighted by molar-refractivity contribution is 5.84. The minimum absolute atomic E-state index is 0.346. The van der Waals surface area contributed by atoms with Gasteiger partial charge in [0, 0.05) is 12.2 Å². The molecule has 0 atom stereocenters. The molecule has 4 heteroatoms. The molecule has 0 heterocycles. The molecule has 0 spiro atoms. The summed E-state index contributed by atoms with van der Waals surface area (Å²) < 4.78 is 5.02. The van der Waals surface area contributed by atoms with E-state index in [1.807, 2.05) is 45.2 Å². The van der Waals surface area contributed by atoms with Crippen LogP contribution in [0.25, 0.3) is 0 Å². The largest absolute Gasteiger partial charge is 0.449 e. The third kappa shape index (κ3) is 5.36. The Labute approximate surface area is 102 Å². The number of rotatable bonds is 5. The number of amides is 1. The maximum atomic E-state index is 11.4. The van der Waals surface area contributed by atoms with Gasteiger partial charge in [-0.15, -0.1) is 0 Å². The molecule has 4 nitrogen and oxygen atoms in total. The van der Waals surface area contributed by atoms with E-state index in [9.17, 15) is 4.79 Å². The second-order valence-electron chi connectivity index (χ2n) is 4.34. The molecule has 0 saturated heterocycles. The molecule has 1 aromatic carbocycles. The molecule has 94 valence electrons. The highest BCUT2D eigenvalue weighted by Crippen LogP contribution is 2.09. The van der Waals surface area contributed by atoms with Gasteiger partial charge in [0.05, 0.1) is 6.61 Å². The molecule has 0 aliphatic rings. The lowest BCUT2D eigenvalue weighted by Crippen LogP contribution is -2.16. The van der Waals surface area contributed by atoms with Gasteiger partial charge in [0.2, 0.25) is 0 Å². The van der Waals surface area contributed by atoms with Crippen molar-refractivity contribution in [1.82, 2.24) is 5.32 Å². The lowest BCUT2D eigenvalue weighted by atomic mass is 10.2. The molecular formula is C13H20N2O2. The topological polar surface area (TPSA) is 50.4 Å². The molecule has 1 rings (SSSR count). The Morgan fingerprint density at radius 1 is 1.29 bits per heavy atom. The molecule has 0 aliphatic heterocycles. The zero-order valence-corrected chi connectivity index (χ0v) is 10.6. The smallest absolute Gasteiger partial charge is 0.411 e. The normalized spacial score (nSPS) is 10.4. The van der Waals surface area contributed by atoms with E-state index in [0.717, 1.165) is 12.2 Å². The fourth-order valence-corrected chi connectivity index (χ4v) is 1.31. The first kappa shape index (κ1) is 13.5. The Balaban J connectivity index is 2.43. The zero-order valence-electron chi connectivity index (χ0n) is 10.6. The fourth-order valence-electron chi connectivity index (χ4n) is 1.31. The van der Waals surface area contributed by atoms with Crippen LogP contribution >= 0.6 is 0 Å². The van der Waals surface area contributed by atoms with E-state index in [0.29, 0.717) is 12.5 Å². The number of ether oxygens (including phenoxy) is 1. The van der Waals surface area contributed by atoms with Crippen molar-refractivity contribution in [3.05, 3.63) is 29.8 Å². The molecule has 0 aromatic heterocycles. The van der Waals surface area contributed by atoms with Crippen LogP contribution in [0.4, 0.5) is 10.5 Å². The Hall–Kier alpha value is -1.55. The number of nitrogens with one attached hydrogen (secondary N) is 2. The first-order chi connectivity index (χ1) is 8.11. The standard InChI is InChI=1S/C13H20N2O2/c1-10(2)9-17-13(16)15-12-6-4-11(5-7-12)8-14-3/h4-7,10,14H,8-9H2,1-3H3,(H,15,16). The van der Waals surface area contributed by atoms with Crippen LogP contribution in [0.1, 0.15) is 19.4 Å². The maximum absolute atomic E-state index is 11.4. The summed E-state index contributed by atoms with van der Waals surface area (Å²) in [5, 5.41) is 5.75. The first-order valence-corrected chi connectivity index (χ1v) is 5.79. The molecule has 0 radical (unpaired) electrons. The van der Waals surface area contributed by atoms with Crippen molar-refractivity contribution in [2.45, 2.75) is 20.4 Å². The first-order valence-electron chi connectivity index (χ1n) is 5.79. The van der Waals surface area contributed by atoms with Crippen molar-refractivity contribution in [3.63, 3.8) is 0 Å². The van der Waals surface area contributed by atoms with E-state index in [2.05, 4.69) is 10.6 Å². The van der Waals surface area contributed by atoms with Crippen molar-refractivity contribution in [2.75, 3.05) is 19.0 Å². The van der Waals surface area contributed by atoms with Gasteiger partial charge in [0.25, 0.3) is 0 Å². The summed E-state index contributed by atoms with van der Waals surface area (Å²) >= 11 is 0. The predicted molar refractivity (Wildman–Crippen MR) is 69.0 cm³/mol. The second kappa shape index (κ2) is 6.91. The Kier molecular flexibility index (Phi) is 5.49. The molecule has 0 bridgehead atoms. The molecule has 0 fully saturated rings. The van der Waals surface area contributed by atoms with Gasteiger partial charge in [0.15, 0.2) is 0 Å². The zero-order chi connectivity index (χ0) is 12.7. The summed E-state index contributed by atoms with van der Waals surface area (Å²) in [6.45, 7) is 5.25. The van der Waals surface area contributed by atoms with Crippen LogP contribution in [0, 0.1) is 5.92 Å². The van der Waals surface area contributed by atoms with Crippen molar-refractivity contribution < 1.29 is 9.53 Å². The minimum atomic E-state index is -0.403. The molecule has 1 amide bonds. The Morgan fingerprint density at radius 2 is 1.94 bits per heavy atom. The Bertz CT molecular complexity index is 347. The average molecular weight is 236 g/mol. The number of carbonyl (C=O) groups excluding carboxylic acids is 1. The van der Waals surface area contributed by atoms with E-state index in [4.69, 9.17) is 4.74 Å². The number of hydrogen-bond donors (Lipinski definition) is 2. The van der Waals surface area contributed by atoms with Crippen LogP contribution in [0.15, 0.2) is 24.3 Å². The van der Waals surface area contributed by atoms with Crippen LogP contribution in [0.3, 0.4) is 0 Å². The van der Waals surface area contributed by atoms with Crippen LogP contribution < -0.4 is 10.6 Å². The van der Waals surface area contributed by atoms with E-state index >= 15 is 0 Å². The van der Waals surface area contributed by atoms with E-state index in [1.54, 1.807) is 0 Å². The highest BCUT2D eigenvalue weighted by atomic mass is 16.5. The summed E-state index contributed by atoms with van der Waals surface area (Å²) in [7, 11) is 1.90. The van der Waals surface area contributed by atoms with Gasteiger partial charge in [-0.2, -0.15) is 0 Å². The van der Waals surface area contributed by atoms with Crippen molar-refractivity contribution >= 4 is 11.8 Å². The molecular weight excluding hydrogens is 216 g/mol. The molecule has 2 N–H and O–H groups in total. The fraction of sp³-hybridized carbons (Fsp3) is 0.462. The predicted octanol–water partition coefficient (Wildman–Crippen LogP) is 2.61. The summed E-state index contributed by atoms with van der Waals surface area (Å²) in [4.78, 5) is 11.4. The average Bonchev–Trinajstić information content (AvgIpc) is 2.29. The van der Waals surface area contributed by atoms with E-state index < -0.39 is 6.09 Å². The number of benzene rings is 1. The minimum Gasteiger partial charge on any atom is -0.449 e. The lowest BCUT2D eigenvalue weighted by Gasteiger charge is -2.09. The third-order valence-corrected chi connectivity index (χ3v) is 2.13. The lowest BCUT2D eigenvalue weighted by molar-refractivity contribution is 0.147. The number of anilines is 1. The van der Waals surface area contributed by atoms with Gasteiger partial charge < -0.3 is 10.1 Å². The molecule has 1 aromatic rings. The number of hydrogen-bond acceptors (Lipinski definition) is 3. The molecule has 0 aliphatic carbocycles. The van der Waals surface area contributed by atoms with Crippen LogP contribution in [0.5, 0.6) is 0 Å². The van der Waals surface area contributed by atoms with Gasteiger partial charge in [-0.3, -0.25) is 5.32 Å². The molecule has 17 heavy (non-hydrogen) atoms. The van der Waals surface area contributed by atoms with Gasteiger partial charge in [-0.05, 0) is 30.7 Å². The summed E-state index contributed by atoms with van der Waals surface area (Å²) in [6.07, 6.45) is -0.403. The van der Waals surface area contributed by atoms with Crippen LogP contribution in [-0.2, 0) is 11.3 Å². The van der Waals surface area contributed by atoms with Gasteiger partial charge in [-0.25, -0.2) is 4.79 Å². The van der Waals surface area contributed by atoms with Crippen LogP contribution in [0.2, 0.25) is 0 Å². The van der Waals surface area contributed by atoms with E-state index in [-0.39, 0.29) is 0 Å².